The third kappa shape index (κ3) is 9.01. The van der Waals surface area contributed by atoms with Gasteiger partial charge in [-0.15, -0.1) is 0 Å². The van der Waals surface area contributed by atoms with Gasteiger partial charge in [-0.3, -0.25) is 13.9 Å². The van der Waals surface area contributed by atoms with Crippen molar-refractivity contribution < 1.29 is 18.0 Å². The predicted octanol–water partition coefficient (Wildman–Crippen LogP) is 7.40. The number of anilines is 1. The number of halogens is 3. The molecule has 236 valence electrons. The molecule has 1 atom stereocenters. The van der Waals surface area contributed by atoms with E-state index in [1.54, 1.807) is 48.5 Å². The molecule has 45 heavy (non-hydrogen) atoms. The number of carbonyl (C=O) groups is 2. The van der Waals surface area contributed by atoms with Crippen LogP contribution in [0, 0.1) is 0 Å². The van der Waals surface area contributed by atoms with Crippen LogP contribution in [0.1, 0.15) is 31.9 Å². The summed E-state index contributed by atoms with van der Waals surface area (Å²) >= 11 is 19.2. The summed E-state index contributed by atoms with van der Waals surface area (Å²) in [4.78, 5) is 29.8. The zero-order chi connectivity index (χ0) is 32.8. The minimum atomic E-state index is -4.23. The van der Waals surface area contributed by atoms with Gasteiger partial charge in [0, 0.05) is 39.1 Å². The van der Waals surface area contributed by atoms with Gasteiger partial charge in [0.2, 0.25) is 11.8 Å². The summed E-state index contributed by atoms with van der Waals surface area (Å²) in [5.74, 6) is -1.04. The molecule has 0 unspecified atom stereocenters. The first-order valence-corrected chi connectivity index (χ1v) is 16.8. The van der Waals surface area contributed by atoms with E-state index in [1.807, 2.05) is 51.1 Å². The molecule has 2 amide bonds. The molecule has 0 aromatic heterocycles. The molecule has 0 fully saturated rings. The fraction of sp³-hybridized carbons (Fsp3) is 0.235. The Labute approximate surface area is 279 Å². The number of nitrogens with zero attached hydrogens (tertiary/aromatic N) is 2. The van der Waals surface area contributed by atoms with E-state index in [-0.39, 0.29) is 23.5 Å². The minimum absolute atomic E-state index is 0.000223. The van der Waals surface area contributed by atoms with E-state index in [2.05, 4.69) is 5.32 Å². The number of carbonyl (C=O) groups excluding carboxylic acids is 2. The van der Waals surface area contributed by atoms with Gasteiger partial charge in [0.1, 0.15) is 12.6 Å². The Morgan fingerprint density at radius 1 is 0.778 bits per heavy atom. The first-order chi connectivity index (χ1) is 21.3. The van der Waals surface area contributed by atoms with Crippen molar-refractivity contribution in [2.45, 2.75) is 50.2 Å². The lowest BCUT2D eigenvalue weighted by Crippen LogP contribution is -2.56. The Bertz CT molecular complexity index is 1710. The molecule has 0 radical (unpaired) electrons. The molecule has 0 aliphatic carbocycles. The largest absolute Gasteiger partial charge is 0.350 e. The summed E-state index contributed by atoms with van der Waals surface area (Å²) < 4.78 is 29.1. The molecule has 4 aromatic carbocycles. The zero-order valence-corrected chi connectivity index (χ0v) is 28.2. The maximum absolute atomic E-state index is 14.5. The van der Waals surface area contributed by atoms with Crippen molar-refractivity contribution in [2.75, 3.05) is 10.8 Å². The van der Waals surface area contributed by atoms with Crippen LogP contribution in [0.15, 0.2) is 108 Å². The fourth-order valence-corrected chi connectivity index (χ4v) is 6.79. The highest BCUT2D eigenvalue weighted by atomic mass is 35.5. The summed E-state index contributed by atoms with van der Waals surface area (Å²) in [6.07, 6.45) is 0.156. The second kappa shape index (κ2) is 14.7. The molecule has 0 bridgehead atoms. The summed E-state index contributed by atoms with van der Waals surface area (Å²) in [5, 5.41) is 4.01. The molecule has 0 saturated carbocycles. The maximum Gasteiger partial charge on any atom is 0.264 e. The van der Waals surface area contributed by atoms with Gasteiger partial charge in [-0.1, -0.05) is 89.4 Å². The summed E-state index contributed by atoms with van der Waals surface area (Å²) in [6, 6.07) is 27.2. The van der Waals surface area contributed by atoms with E-state index >= 15 is 0 Å². The molecule has 7 nitrogen and oxygen atoms in total. The van der Waals surface area contributed by atoms with Gasteiger partial charge in [-0.05, 0) is 74.9 Å². The molecule has 0 spiro atoms. The predicted molar refractivity (Wildman–Crippen MR) is 181 cm³/mol. The Balaban J connectivity index is 1.84. The highest BCUT2D eigenvalue weighted by Crippen LogP contribution is 2.29. The molecule has 1 N–H and O–H groups in total. The first kappa shape index (κ1) is 34.3. The SMILES string of the molecule is CC(C)(C)NC(=O)[C@@H](Cc1ccccc1)N(Cc1c(Cl)cccc1Cl)C(=O)CN(c1ccc(Cl)cc1)S(=O)(=O)c1ccccc1. The minimum Gasteiger partial charge on any atom is -0.350 e. The van der Waals surface area contributed by atoms with Gasteiger partial charge in [0.15, 0.2) is 0 Å². The Hall–Kier alpha value is -3.56. The number of hydrogen-bond acceptors (Lipinski definition) is 4. The number of benzene rings is 4. The Morgan fingerprint density at radius 3 is 1.89 bits per heavy atom. The van der Waals surface area contributed by atoms with Crippen molar-refractivity contribution >= 4 is 62.3 Å². The van der Waals surface area contributed by atoms with E-state index in [4.69, 9.17) is 34.8 Å². The van der Waals surface area contributed by atoms with Crippen molar-refractivity contribution in [2.24, 2.45) is 0 Å². The van der Waals surface area contributed by atoms with Crippen molar-refractivity contribution in [1.29, 1.82) is 0 Å². The van der Waals surface area contributed by atoms with Crippen molar-refractivity contribution in [3.05, 3.63) is 129 Å². The second-order valence-electron chi connectivity index (χ2n) is 11.5. The van der Waals surface area contributed by atoms with Gasteiger partial charge < -0.3 is 10.2 Å². The van der Waals surface area contributed by atoms with E-state index in [1.165, 1.54) is 29.2 Å². The van der Waals surface area contributed by atoms with Gasteiger partial charge in [0.05, 0.1) is 10.6 Å². The Morgan fingerprint density at radius 2 is 1.33 bits per heavy atom. The van der Waals surface area contributed by atoms with Gasteiger partial charge >= 0.3 is 0 Å². The summed E-state index contributed by atoms with van der Waals surface area (Å²) in [5.41, 5.74) is 0.848. The van der Waals surface area contributed by atoms with Gasteiger partial charge in [0.25, 0.3) is 10.0 Å². The van der Waals surface area contributed by atoms with Crippen LogP contribution in [-0.2, 0) is 32.6 Å². The molecule has 4 rings (SSSR count). The van der Waals surface area contributed by atoms with Crippen molar-refractivity contribution in [3.8, 4) is 0 Å². The van der Waals surface area contributed by atoms with Crippen LogP contribution in [-0.4, -0.2) is 43.3 Å². The highest BCUT2D eigenvalue weighted by molar-refractivity contribution is 7.92. The second-order valence-corrected chi connectivity index (χ2v) is 14.6. The molecule has 4 aromatic rings. The third-order valence-electron chi connectivity index (χ3n) is 6.88. The monoisotopic (exact) mass is 685 g/mol. The molecule has 0 aliphatic rings. The van der Waals surface area contributed by atoms with Crippen LogP contribution < -0.4 is 9.62 Å². The number of nitrogens with one attached hydrogen (secondary N) is 1. The molecule has 0 aliphatic heterocycles. The number of rotatable bonds is 11. The topological polar surface area (TPSA) is 86.8 Å². The molecule has 11 heteroatoms. The molecule has 0 heterocycles. The van der Waals surface area contributed by atoms with Crippen LogP contribution in [0.4, 0.5) is 5.69 Å². The molecular formula is C34H34Cl3N3O4S. The van der Waals surface area contributed by atoms with Crippen LogP contribution in [0.5, 0.6) is 0 Å². The number of sulfonamides is 1. The number of hydrogen-bond donors (Lipinski definition) is 1. The zero-order valence-electron chi connectivity index (χ0n) is 25.1. The number of amides is 2. The average Bonchev–Trinajstić information content (AvgIpc) is 2.99. The standard InChI is InChI=1S/C34H34Cl3N3O4S/c1-34(2,3)38-33(42)31(21-24-11-6-4-7-12-24)39(22-28-29(36)15-10-16-30(28)37)32(41)23-40(26-19-17-25(35)18-20-26)45(43,44)27-13-8-5-9-14-27/h4-20,31H,21-23H2,1-3H3,(H,38,42)/t31-/m1/s1. The first-order valence-electron chi connectivity index (χ1n) is 14.2. The van der Waals surface area contributed by atoms with E-state index < -0.39 is 40.0 Å². The lowest BCUT2D eigenvalue weighted by molar-refractivity contribution is -0.140. The van der Waals surface area contributed by atoms with Crippen LogP contribution >= 0.6 is 34.8 Å². The van der Waals surface area contributed by atoms with Crippen LogP contribution in [0.25, 0.3) is 0 Å². The third-order valence-corrected chi connectivity index (χ3v) is 9.63. The lowest BCUT2D eigenvalue weighted by Gasteiger charge is -2.35. The summed E-state index contributed by atoms with van der Waals surface area (Å²) in [7, 11) is -4.23. The van der Waals surface area contributed by atoms with Gasteiger partial charge in [-0.25, -0.2) is 8.42 Å². The van der Waals surface area contributed by atoms with Crippen molar-refractivity contribution in [3.63, 3.8) is 0 Å². The molecule has 0 saturated heterocycles. The lowest BCUT2D eigenvalue weighted by atomic mass is 10.0. The fourth-order valence-electron chi connectivity index (χ4n) is 4.72. The van der Waals surface area contributed by atoms with Gasteiger partial charge in [-0.2, -0.15) is 0 Å². The van der Waals surface area contributed by atoms with Crippen molar-refractivity contribution in [1.82, 2.24) is 10.2 Å². The molecular weight excluding hydrogens is 653 g/mol. The normalized spacial score (nSPS) is 12.3. The van der Waals surface area contributed by atoms with Crippen LogP contribution in [0.2, 0.25) is 15.1 Å². The Kier molecular flexibility index (Phi) is 11.2. The highest BCUT2D eigenvalue weighted by Gasteiger charge is 2.36. The van der Waals surface area contributed by atoms with E-state index in [9.17, 15) is 18.0 Å². The van der Waals surface area contributed by atoms with E-state index in [0.29, 0.717) is 20.6 Å². The smallest absolute Gasteiger partial charge is 0.264 e. The maximum atomic E-state index is 14.5. The van der Waals surface area contributed by atoms with E-state index in [0.717, 1.165) is 9.87 Å². The summed E-state index contributed by atoms with van der Waals surface area (Å²) in [6.45, 7) is 4.77. The quantitative estimate of drug-likeness (QED) is 0.178. The average molecular weight is 687 g/mol. The van der Waals surface area contributed by atoms with Crippen LogP contribution in [0.3, 0.4) is 0 Å².